The monoisotopic (exact) mass is 357 g/mol. The molecule has 25 heavy (non-hydrogen) atoms. The largest absolute Gasteiger partial charge is 0.323 e. The van der Waals surface area contributed by atoms with Gasteiger partial charge in [-0.05, 0) is 43.0 Å². The van der Waals surface area contributed by atoms with Crippen molar-refractivity contribution in [3.05, 3.63) is 52.2 Å². The number of hydrogen-bond acceptors (Lipinski definition) is 4. The van der Waals surface area contributed by atoms with E-state index < -0.39 is 5.95 Å². The van der Waals surface area contributed by atoms with Crippen LogP contribution >= 0.6 is 11.6 Å². The SMILES string of the molecule is N#Cc1ccc(NC(=O)N2[C@H]3CC[C@@H]2c2ccnc(F)c2C3)nc1Cl. The molecule has 2 aromatic rings. The molecule has 1 saturated heterocycles. The van der Waals surface area contributed by atoms with Crippen molar-refractivity contribution in [2.24, 2.45) is 0 Å². The highest BCUT2D eigenvalue weighted by atomic mass is 35.5. The van der Waals surface area contributed by atoms with Gasteiger partial charge in [0.2, 0.25) is 5.95 Å². The van der Waals surface area contributed by atoms with Gasteiger partial charge in [0.25, 0.3) is 0 Å². The molecule has 0 unspecified atom stereocenters. The van der Waals surface area contributed by atoms with E-state index in [0.29, 0.717) is 12.0 Å². The van der Waals surface area contributed by atoms with E-state index >= 15 is 0 Å². The van der Waals surface area contributed by atoms with Crippen LogP contribution in [-0.4, -0.2) is 26.9 Å². The number of urea groups is 1. The molecule has 6 nitrogen and oxygen atoms in total. The smallest absolute Gasteiger partial charge is 0.314 e. The van der Waals surface area contributed by atoms with Gasteiger partial charge in [0.05, 0.1) is 11.6 Å². The summed E-state index contributed by atoms with van der Waals surface area (Å²) in [7, 11) is 0. The molecule has 0 aromatic carbocycles. The van der Waals surface area contributed by atoms with Crippen LogP contribution in [0.25, 0.3) is 0 Å². The van der Waals surface area contributed by atoms with E-state index in [1.165, 1.54) is 18.3 Å². The van der Waals surface area contributed by atoms with E-state index in [2.05, 4.69) is 15.3 Å². The Hall–Kier alpha value is -2.72. The van der Waals surface area contributed by atoms with Crippen molar-refractivity contribution in [3.8, 4) is 6.07 Å². The fourth-order valence-electron chi connectivity index (χ4n) is 3.69. The fourth-order valence-corrected chi connectivity index (χ4v) is 3.88. The van der Waals surface area contributed by atoms with Gasteiger partial charge in [-0.3, -0.25) is 5.32 Å². The highest BCUT2D eigenvalue weighted by molar-refractivity contribution is 6.30. The molecule has 0 spiro atoms. The number of hydrogen-bond donors (Lipinski definition) is 1. The van der Waals surface area contributed by atoms with Crippen molar-refractivity contribution in [2.75, 3.05) is 5.32 Å². The molecular weight excluding hydrogens is 345 g/mol. The average Bonchev–Trinajstić information content (AvgIpc) is 2.91. The quantitative estimate of drug-likeness (QED) is 0.793. The fraction of sp³-hybridized carbons (Fsp3) is 0.294. The van der Waals surface area contributed by atoms with Crippen molar-refractivity contribution in [2.45, 2.75) is 31.3 Å². The average molecular weight is 358 g/mol. The molecule has 8 heteroatoms. The normalized spacial score (nSPS) is 20.8. The van der Waals surface area contributed by atoms with E-state index in [1.807, 2.05) is 6.07 Å². The molecule has 1 N–H and O–H groups in total. The molecule has 126 valence electrons. The number of pyridine rings is 2. The first-order chi connectivity index (χ1) is 12.1. The van der Waals surface area contributed by atoms with Gasteiger partial charge in [-0.15, -0.1) is 0 Å². The van der Waals surface area contributed by atoms with Crippen LogP contribution in [0.1, 0.15) is 35.6 Å². The lowest BCUT2D eigenvalue weighted by Crippen LogP contribution is -2.44. The predicted octanol–water partition coefficient (Wildman–Crippen LogP) is 3.43. The number of aromatic nitrogens is 2. The van der Waals surface area contributed by atoms with Crippen molar-refractivity contribution >= 4 is 23.4 Å². The molecule has 0 saturated carbocycles. The minimum absolute atomic E-state index is 0.0420. The van der Waals surface area contributed by atoms with Crippen LogP contribution in [0.5, 0.6) is 0 Å². The molecular formula is C17H13ClFN5O. The van der Waals surface area contributed by atoms with Crippen molar-refractivity contribution in [3.63, 3.8) is 0 Å². The standard InChI is InChI=1S/C17H13ClFN5O/c18-15-9(8-20)1-4-14(22-15)23-17(25)24-10-2-3-13(24)11-5-6-21-16(19)12(11)7-10/h1,4-6,10,13H,2-3,7H2,(H,22,23,25)/t10-,13+/m0/s1. The number of halogens is 2. The van der Waals surface area contributed by atoms with E-state index in [4.69, 9.17) is 16.9 Å². The van der Waals surface area contributed by atoms with Crippen LogP contribution in [0.2, 0.25) is 5.15 Å². The maximum atomic E-state index is 14.0. The lowest BCUT2D eigenvalue weighted by Gasteiger charge is -2.36. The summed E-state index contributed by atoms with van der Waals surface area (Å²) in [6.07, 6.45) is 3.50. The van der Waals surface area contributed by atoms with Crippen LogP contribution in [0.4, 0.5) is 15.0 Å². The number of carbonyl (C=O) groups is 1. The molecule has 2 aromatic heterocycles. The molecule has 4 heterocycles. The minimum Gasteiger partial charge on any atom is -0.314 e. The second-order valence-electron chi connectivity index (χ2n) is 6.10. The topological polar surface area (TPSA) is 81.9 Å². The zero-order chi connectivity index (χ0) is 17.6. The molecule has 2 bridgehead atoms. The molecule has 0 aliphatic carbocycles. The first-order valence-corrected chi connectivity index (χ1v) is 8.25. The third kappa shape index (κ3) is 2.59. The van der Waals surface area contributed by atoms with Gasteiger partial charge in [-0.25, -0.2) is 14.8 Å². The van der Waals surface area contributed by atoms with E-state index in [9.17, 15) is 9.18 Å². The maximum Gasteiger partial charge on any atom is 0.323 e. The highest BCUT2D eigenvalue weighted by Crippen LogP contribution is 2.44. The molecule has 2 aliphatic rings. The van der Waals surface area contributed by atoms with Gasteiger partial charge in [-0.2, -0.15) is 9.65 Å². The lowest BCUT2D eigenvalue weighted by molar-refractivity contribution is 0.178. The zero-order valence-corrected chi connectivity index (χ0v) is 13.8. The van der Waals surface area contributed by atoms with Gasteiger partial charge < -0.3 is 4.90 Å². The summed E-state index contributed by atoms with van der Waals surface area (Å²) in [5, 5.41) is 11.6. The predicted molar refractivity (Wildman–Crippen MR) is 88.5 cm³/mol. The number of anilines is 1. The third-order valence-corrected chi connectivity index (χ3v) is 5.07. The number of amides is 2. The third-order valence-electron chi connectivity index (χ3n) is 4.78. The van der Waals surface area contributed by atoms with Crippen LogP contribution < -0.4 is 5.32 Å². The Labute approximate surface area is 148 Å². The summed E-state index contributed by atoms with van der Waals surface area (Å²) in [6, 6.07) is 6.21. The Morgan fingerprint density at radius 3 is 3.00 bits per heavy atom. The molecule has 2 aliphatic heterocycles. The number of nitrogens with one attached hydrogen (secondary N) is 1. The summed E-state index contributed by atoms with van der Waals surface area (Å²) in [5.74, 6) is -0.171. The Bertz CT molecular complexity index is 912. The molecule has 4 rings (SSSR count). The van der Waals surface area contributed by atoms with Crippen molar-refractivity contribution in [1.29, 1.82) is 5.26 Å². The van der Waals surface area contributed by atoms with Crippen LogP contribution in [0.3, 0.4) is 0 Å². The molecule has 2 amide bonds. The number of nitriles is 1. The lowest BCUT2D eigenvalue weighted by atomic mass is 9.95. The number of fused-ring (bicyclic) bond motifs is 4. The number of rotatable bonds is 1. The molecule has 0 radical (unpaired) electrons. The van der Waals surface area contributed by atoms with Crippen molar-refractivity contribution < 1.29 is 9.18 Å². The van der Waals surface area contributed by atoms with E-state index in [0.717, 1.165) is 18.4 Å². The summed E-state index contributed by atoms with van der Waals surface area (Å²) >= 11 is 5.91. The second-order valence-corrected chi connectivity index (χ2v) is 6.46. The maximum absolute atomic E-state index is 14.0. The summed E-state index contributed by atoms with van der Waals surface area (Å²) < 4.78 is 14.0. The number of carbonyl (C=O) groups excluding carboxylic acids is 1. The zero-order valence-electron chi connectivity index (χ0n) is 13.0. The summed E-state index contributed by atoms with van der Waals surface area (Å²) in [4.78, 5) is 22.2. The van der Waals surface area contributed by atoms with Crippen LogP contribution in [-0.2, 0) is 6.42 Å². The van der Waals surface area contributed by atoms with Gasteiger partial charge in [0, 0.05) is 17.8 Å². The van der Waals surface area contributed by atoms with Gasteiger partial charge in [0.1, 0.15) is 17.0 Å². The van der Waals surface area contributed by atoms with Gasteiger partial charge in [-0.1, -0.05) is 11.6 Å². The molecule has 1 fully saturated rings. The van der Waals surface area contributed by atoms with E-state index in [1.54, 1.807) is 11.0 Å². The van der Waals surface area contributed by atoms with Crippen LogP contribution in [0, 0.1) is 17.3 Å². The molecule has 2 atom stereocenters. The Balaban J connectivity index is 1.60. The Kier molecular flexibility index (Phi) is 3.77. The second kappa shape index (κ2) is 5.97. The first-order valence-electron chi connectivity index (χ1n) is 7.87. The Morgan fingerprint density at radius 2 is 2.24 bits per heavy atom. The summed E-state index contributed by atoms with van der Waals surface area (Å²) in [5.41, 5.74) is 1.68. The van der Waals surface area contributed by atoms with E-state index in [-0.39, 0.29) is 34.6 Å². The Morgan fingerprint density at radius 1 is 1.40 bits per heavy atom. The minimum atomic E-state index is -0.449. The van der Waals surface area contributed by atoms with Gasteiger partial charge >= 0.3 is 6.03 Å². The summed E-state index contributed by atoms with van der Waals surface area (Å²) in [6.45, 7) is 0. The first kappa shape index (κ1) is 15.8. The number of nitrogens with zero attached hydrogens (tertiary/aromatic N) is 4. The van der Waals surface area contributed by atoms with Crippen molar-refractivity contribution in [1.82, 2.24) is 14.9 Å². The van der Waals surface area contributed by atoms with Crippen LogP contribution in [0.15, 0.2) is 24.4 Å². The highest BCUT2D eigenvalue weighted by Gasteiger charge is 2.43. The van der Waals surface area contributed by atoms with Gasteiger partial charge in [0.15, 0.2) is 0 Å².